The number of hydrogen-bond donors (Lipinski definition) is 1. The highest BCUT2D eigenvalue weighted by Crippen LogP contribution is 2.15. The van der Waals surface area contributed by atoms with Gasteiger partial charge in [-0.3, -0.25) is 0 Å². The van der Waals surface area contributed by atoms with Crippen LogP contribution in [-0.2, 0) is 4.74 Å². The molecule has 1 aromatic heterocycles. The summed E-state index contributed by atoms with van der Waals surface area (Å²) in [7, 11) is 0. The minimum absolute atomic E-state index is 0.122. The first-order chi connectivity index (χ1) is 9.28. The Bertz CT molecular complexity index is 399. The van der Waals surface area contributed by atoms with Crippen molar-refractivity contribution in [3.63, 3.8) is 0 Å². The first-order valence-electron chi connectivity index (χ1n) is 6.67. The van der Waals surface area contributed by atoms with Crippen molar-refractivity contribution in [3.8, 4) is 6.01 Å². The fourth-order valence-corrected chi connectivity index (χ4v) is 1.97. The lowest BCUT2D eigenvalue weighted by Crippen LogP contribution is -2.26. The standard InChI is InChI=1S/C12H19ClN4O2/c1-2-6-14-11-15-10(13)16-12(17-11)19-8-9-5-3-4-7-18-9/h9H,2-8H2,1H3,(H,14,15,16,17). The summed E-state index contributed by atoms with van der Waals surface area (Å²) in [6.45, 7) is 4.10. The van der Waals surface area contributed by atoms with Crippen LogP contribution in [0.1, 0.15) is 32.6 Å². The lowest BCUT2D eigenvalue weighted by molar-refractivity contribution is -0.0129. The van der Waals surface area contributed by atoms with Gasteiger partial charge in [-0.25, -0.2) is 0 Å². The Morgan fingerprint density at radius 2 is 2.26 bits per heavy atom. The van der Waals surface area contributed by atoms with E-state index in [0.717, 1.165) is 32.4 Å². The number of ether oxygens (including phenoxy) is 2. The molecule has 7 heteroatoms. The molecule has 1 atom stereocenters. The molecule has 0 amide bonds. The molecule has 1 aliphatic heterocycles. The van der Waals surface area contributed by atoms with Crippen LogP contribution in [0.5, 0.6) is 6.01 Å². The van der Waals surface area contributed by atoms with Crippen molar-refractivity contribution in [2.75, 3.05) is 25.1 Å². The van der Waals surface area contributed by atoms with Gasteiger partial charge in [0.15, 0.2) is 0 Å². The molecule has 0 bridgehead atoms. The average molecular weight is 287 g/mol. The first kappa shape index (κ1) is 14.3. The monoisotopic (exact) mass is 286 g/mol. The van der Waals surface area contributed by atoms with Crippen molar-refractivity contribution >= 4 is 17.5 Å². The minimum atomic E-state index is 0.122. The van der Waals surface area contributed by atoms with E-state index in [-0.39, 0.29) is 17.4 Å². The zero-order chi connectivity index (χ0) is 13.5. The van der Waals surface area contributed by atoms with E-state index in [1.54, 1.807) is 0 Å². The number of nitrogens with one attached hydrogen (secondary N) is 1. The molecule has 0 aliphatic carbocycles. The molecule has 1 fully saturated rings. The molecule has 2 heterocycles. The second-order valence-corrected chi connectivity index (χ2v) is 4.78. The van der Waals surface area contributed by atoms with Crippen molar-refractivity contribution in [3.05, 3.63) is 5.28 Å². The topological polar surface area (TPSA) is 69.2 Å². The highest BCUT2D eigenvalue weighted by atomic mass is 35.5. The summed E-state index contributed by atoms with van der Waals surface area (Å²) in [6.07, 6.45) is 4.42. The van der Waals surface area contributed by atoms with E-state index >= 15 is 0 Å². The van der Waals surface area contributed by atoms with Gasteiger partial charge in [-0.05, 0) is 37.3 Å². The Balaban J connectivity index is 1.89. The molecule has 2 rings (SSSR count). The maximum Gasteiger partial charge on any atom is 0.322 e. The fraction of sp³-hybridized carbons (Fsp3) is 0.750. The SMILES string of the molecule is CCCNc1nc(Cl)nc(OCC2CCCCO2)n1. The summed E-state index contributed by atoms with van der Waals surface area (Å²) in [6, 6.07) is 0.243. The van der Waals surface area contributed by atoms with Gasteiger partial charge in [0.1, 0.15) is 6.61 Å². The van der Waals surface area contributed by atoms with E-state index in [4.69, 9.17) is 21.1 Å². The van der Waals surface area contributed by atoms with Crippen LogP contribution in [0.25, 0.3) is 0 Å². The third-order valence-corrected chi connectivity index (χ3v) is 2.96. The summed E-state index contributed by atoms with van der Waals surface area (Å²) >= 11 is 5.84. The maximum atomic E-state index is 5.84. The molecular weight excluding hydrogens is 268 g/mol. The number of hydrogen-bond acceptors (Lipinski definition) is 6. The molecule has 1 aromatic rings. The zero-order valence-electron chi connectivity index (χ0n) is 11.1. The molecule has 0 spiro atoms. The Kier molecular flexibility index (Phi) is 5.60. The van der Waals surface area contributed by atoms with Crippen LogP contribution in [0, 0.1) is 0 Å². The normalized spacial score (nSPS) is 19.2. The van der Waals surface area contributed by atoms with Crippen molar-refractivity contribution in [2.24, 2.45) is 0 Å². The number of rotatable bonds is 6. The number of aromatic nitrogens is 3. The molecule has 1 unspecified atom stereocenters. The van der Waals surface area contributed by atoms with E-state index in [1.165, 1.54) is 6.42 Å². The molecule has 1 N–H and O–H groups in total. The fourth-order valence-electron chi connectivity index (χ4n) is 1.82. The third-order valence-electron chi connectivity index (χ3n) is 2.79. The summed E-state index contributed by atoms with van der Waals surface area (Å²) in [5.41, 5.74) is 0. The van der Waals surface area contributed by atoms with Crippen molar-refractivity contribution < 1.29 is 9.47 Å². The third kappa shape index (κ3) is 4.80. The Morgan fingerprint density at radius 1 is 1.37 bits per heavy atom. The highest BCUT2D eigenvalue weighted by Gasteiger charge is 2.15. The van der Waals surface area contributed by atoms with E-state index < -0.39 is 0 Å². The van der Waals surface area contributed by atoms with Crippen LogP contribution in [0.4, 0.5) is 5.95 Å². The molecule has 1 saturated heterocycles. The van der Waals surface area contributed by atoms with Gasteiger partial charge >= 0.3 is 6.01 Å². The Hall–Kier alpha value is -1.14. The number of nitrogens with zero attached hydrogens (tertiary/aromatic N) is 3. The quantitative estimate of drug-likeness (QED) is 0.865. The molecule has 1 aliphatic rings. The van der Waals surface area contributed by atoms with Gasteiger partial charge in [-0.2, -0.15) is 15.0 Å². The molecule has 0 aromatic carbocycles. The smallest absolute Gasteiger partial charge is 0.322 e. The lowest BCUT2D eigenvalue weighted by Gasteiger charge is -2.22. The number of anilines is 1. The Labute approximate surface area is 117 Å². The molecule has 19 heavy (non-hydrogen) atoms. The molecule has 0 saturated carbocycles. The second-order valence-electron chi connectivity index (χ2n) is 4.44. The van der Waals surface area contributed by atoms with Gasteiger partial charge in [-0.15, -0.1) is 0 Å². The van der Waals surface area contributed by atoms with Gasteiger partial charge in [0.25, 0.3) is 0 Å². The average Bonchev–Trinajstić information content (AvgIpc) is 2.43. The van der Waals surface area contributed by atoms with Crippen LogP contribution in [0.15, 0.2) is 0 Å². The van der Waals surface area contributed by atoms with Crippen molar-refractivity contribution in [1.82, 2.24) is 15.0 Å². The summed E-state index contributed by atoms with van der Waals surface area (Å²) in [5.74, 6) is 0.446. The second kappa shape index (κ2) is 7.45. The molecule has 6 nitrogen and oxygen atoms in total. The summed E-state index contributed by atoms with van der Waals surface area (Å²) in [5, 5.41) is 3.19. The van der Waals surface area contributed by atoms with E-state index in [9.17, 15) is 0 Å². The maximum absolute atomic E-state index is 5.84. The summed E-state index contributed by atoms with van der Waals surface area (Å²) < 4.78 is 11.1. The highest BCUT2D eigenvalue weighted by molar-refractivity contribution is 6.28. The minimum Gasteiger partial charge on any atom is -0.461 e. The van der Waals surface area contributed by atoms with E-state index in [2.05, 4.69) is 27.2 Å². The van der Waals surface area contributed by atoms with Gasteiger partial charge in [0.05, 0.1) is 6.10 Å². The first-order valence-corrected chi connectivity index (χ1v) is 7.05. The van der Waals surface area contributed by atoms with Crippen LogP contribution in [-0.4, -0.2) is 40.8 Å². The number of halogens is 1. The van der Waals surface area contributed by atoms with Crippen molar-refractivity contribution in [1.29, 1.82) is 0 Å². The molecule has 0 radical (unpaired) electrons. The van der Waals surface area contributed by atoms with Gasteiger partial charge in [0.2, 0.25) is 11.2 Å². The van der Waals surface area contributed by atoms with E-state index in [0.29, 0.717) is 12.6 Å². The largest absolute Gasteiger partial charge is 0.461 e. The van der Waals surface area contributed by atoms with Gasteiger partial charge in [0, 0.05) is 13.2 Å². The Morgan fingerprint density at radius 3 is 3.00 bits per heavy atom. The molecular formula is C12H19ClN4O2. The van der Waals surface area contributed by atoms with Gasteiger partial charge in [-0.1, -0.05) is 6.92 Å². The lowest BCUT2D eigenvalue weighted by atomic mass is 10.1. The predicted octanol–water partition coefficient (Wildman–Crippen LogP) is 2.29. The van der Waals surface area contributed by atoms with Crippen LogP contribution >= 0.6 is 11.6 Å². The zero-order valence-corrected chi connectivity index (χ0v) is 11.8. The summed E-state index contributed by atoms with van der Waals surface area (Å²) in [4.78, 5) is 12.1. The van der Waals surface area contributed by atoms with Crippen LogP contribution in [0.3, 0.4) is 0 Å². The van der Waals surface area contributed by atoms with E-state index in [1.807, 2.05) is 0 Å². The van der Waals surface area contributed by atoms with Crippen LogP contribution < -0.4 is 10.1 Å². The van der Waals surface area contributed by atoms with Crippen molar-refractivity contribution in [2.45, 2.75) is 38.7 Å². The predicted molar refractivity (Wildman–Crippen MR) is 72.7 cm³/mol. The molecule has 106 valence electrons. The van der Waals surface area contributed by atoms with Gasteiger partial charge < -0.3 is 14.8 Å². The van der Waals surface area contributed by atoms with Crippen LogP contribution in [0.2, 0.25) is 5.28 Å².